The molecule has 0 aliphatic heterocycles. The molecular formula is C11H22N2. The van der Waals surface area contributed by atoms with Crippen molar-refractivity contribution in [3.8, 4) is 0 Å². The molecule has 0 aromatic rings. The van der Waals surface area contributed by atoms with Gasteiger partial charge in [0.15, 0.2) is 0 Å². The van der Waals surface area contributed by atoms with Crippen molar-refractivity contribution in [2.45, 2.75) is 44.6 Å². The summed E-state index contributed by atoms with van der Waals surface area (Å²) in [6.45, 7) is 2.38. The summed E-state index contributed by atoms with van der Waals surface area (Å²) in [7, 11) is 0. The molecule has 2 aliphatic carbocycles. The molecule has 0 spiro atoms. The Morgan fingerprint density at radius 1 is 1.15 bits per heavy atom. The highest BCUT2D eigenvalue weighted by molar-refractivity contribution is 4.82. The lowest BCUT2D eigenvalue weighted by Crippen LogP contribution is -2.33. The molecule has 2 heteroatoms. The third-order valence-corrected chi connectivity index (χ3v) is 3.55. The average Bonchev–Trinajstić information content (AvgIpc) is 2.86. The Morgan fingerprint density at radius 3 is 2.62 bits per heavy atom. The summed E-state index contributed by atoms with van der Waals surface area (Å²) in [5.74, 6) is 1.82. The summed E-state index contributed by atoms with van der Waals surface area (Å²) < 4.78 is 0. The lowest BCUT2D eigenvalue weighted by Gasteiger charge is -2.15. The SMILES string of the molecule is NC1CCCC1CNCCC1CC1. The molecule has 2 unspecified atom stereocenters. The van der Waals surface area contributed by atoms with E-state index in [0.29, 0.717) is 6.04 Å². The van der Waals surface area contributed by atoms with Crippen molar-refractivity contribution in [1.82, 2.24) is 5.32 Å². The molecule has 76 valence electrons. The van der Waals surface area contributed by atoms with Gasteiger partial charge in [0, 0.05) is 6.04 Å². The van der Waals surface area contributed by atoms with Gasteiger partial charge < -0.3 is 11.1 Å². The van der Waals surface area contributed by atoms with Gasteiger partial charge in [-0.3, -0.25) is 0 Å². The lowest BCUT2D eigenvalue weighted by molar-refractivity contribution is 0.437. The second-order valence-electron chi connectivity index (χ2n) is 4.79. The molecule has 0 radical (unpaired) electrons. The molecule has 0 aromatic heterocycles. The molecule has 0 aromatic carbocycles. The third kappa shape index (κ3) is 2.96. The fraction of sp³-hybridized carbons (Fsp3) is 1.00. The maximum atomic E-state index is 5.99. The van der Waals surface area contributed by atoms with E-state index in [2.05, 4.69) is 5.32 Å². The average molecular weight is 182 g/mol. The van der Waals surface area contributed by atoms with Gasteiger partial charge in [-0.15, -0.1) is 0 Å². The van der Waals surface area contributed by atoms with E-state index in [-0.39, 0.29) is 0 Å². The zero-order valence-electron chi connectivity index (χ0n) is 8.47. The molecular weight excluding hydrogens is 160 g/mol. The third-order valence-electron chi connectivity index (χ3n) is 3.55. The Kier molecular flexibility index (Phi) is 3.23. The standard InChI is InChI=1S/C11H22N2/c12-11-3-1-2-10(11)8-13-7-6-9-4-5-9/h9-11,13H,1-8,12H2. The number of rotatable bonds is 5. The first kappa shape index (κ1) is 9.47. The van der Waals surface area contributed by atoms with Crippen LogP contribution in [0.1, 0.15) is 38.5 Å². The minimum Gasteiger partial charge on any atom is -0.327 e. The smallest absolute Gasteiger partial charge is 0.00792 e. The van der Waals surface area contributed by atoms with Gasteiger partial charge in [-0.2, -0.15) is 0 Å². The van der Waals surface area contributed by atoms with Gasteiger partial charge in [-0.1, -0.05) is 19.3 Å². The highest BCUT2D eigenvalue weighted by Crippen LogP contribution is 2.31. The van der Waals surface area contributed by atoms with Gasteiger partial charge >= 0.3 is 0 Å². The second-order valence-corrected chi connectivity index (χ2v) is 4.79. The Hall–Kier alpha value is -0.0800. The van der Waals surface area contributed by atoms with Gasteiger partial charge in [-0.05, 0) is 44.2 Å². The van der Waals surface area contributed by atoms with Gasteiger partial charge in [0.1, 0.15) is 0 Å². The van der Waals surface area contributed by atoms with Crippen molar-refractivity contribution >= 4 is 0 Å². The van der Waals surface area contributed by atoms with Crippen LogP contribution in [0.2, 0.25) is 0 Å². The van der Waals surface area contributed by atoms with Gasteiger partial charge in [0.2, 0.25) is 0 Å². The Balaban J connectivity index is 1.51. The fourth-order valence-corrected chi connectivity index (χ4v) is 2.32. The Morgan fingerprint density at radius 2 is 2.00 bits per heavy atom. The van der Waals surface area contributed by atoms with Crippen molar-refractivity contribution in [2.75, 3.05) is 13.1 Å². The van der Waals surface area contributed by atoms with E-state index >= 15 is 0 Å². The molecule has 13 heavy (non-hydrogen) atoms. The Bertz CT molecular complexity index is 154. The number of nitrogens with one attached hydrogen (secondary N) is 1. The normalized spacial score (nSPS) is 33.9. The minimum atomic E-state index is 0.480. The van der Waals surface area contributed by atoms with E-state index in [4.69, 9.17) is 5.73 Å². The maximum Gasteiger partial charge on any atom is 0.00792 e. The van der Waals surface area contributed by atoms with E-state index in [0.717, 1.165) is 18.4 Å². The first-order valence-corrected chi connectivity index (χ1v) is 5.82. The van der Waals surface area contributed by atoms with Gasteiger partial charge in [-0.25, -0.2) is 0 Å². The predicted molar refractivity (Wildman–Crippen MR) is 55.5 cm³/mol. The molecule has 2 nitrogen and oxygen atoms in total. The van der Waals surface area contributed by atoms with Crippen molar-refractivity contribution < 1.29 is 0 Å². The summed E-state index contributed by atoms with van der Waals surface area (Å²) in [5, 5.41) is 3.55. The van der Waals surface area contributed by atoms with Crippen molar-refractivity contribution in [2.24, 2.45) is 17.6 Å². The van der Waals surface area contributed by atoms with Crippen molar-refractivity contribution in [1.29, 1.82) is 0 Å². The molecule has 2 fully saturated rings. The highest BCUT2D eigenvalue weighted by atomic mass is 14.9. The molecule has 2 aliphatic rings. The molecule has 2 atom stereocenters. The van der Waals surface area contributed by atoms with Crippen molar-refractivity contribution in [3.05, 3.63) is 0 Å². The zero-order valence-corrected chi connectivity index (χ0v) is 8.47. The van der Waals surface area contributed by atoms with E-state index in [1.54, 1.807) is 0 Å². The minimum absolute atomic E-state index is 0.480. The van der Waals surface area contributed by atoms with Crippen LogP contribution in [0.3, 0.4) is 0 Å². The molecule has 0 heterocycles. The van der Waals surface area contributed by atoms with Crippen molar-refractivity contribution in [3.63, 3.8) is 0 Å². The monoisotopic (exact) mass is 182 g/mol. The predicted octanol–water partition coefficient (Wildman–Crippen LogP) is 1.50. The summed E-state index contributed by atoms with van der Waals surface area (Å²) in [6.07, 6.45) is 8.28. The quantitative estimate of drug-likeness (QED) is 0.632. The van der Waals surface area contributed by atoms with Crippen LogP contribution < -0.4 is 11.1 Å². The molecule has 3 N–H and O–H groups in total. The number of hydrogen-bond donors (Lipinski definition) is 2. The van der Waals surface area contributed by atoms with E-state index in [1.165, 1.54) is 45.1 Å². The van der Waals surface area contributed by atoms with Crippen LogP contribution in [-0.4, -0.2) is 19.1 Å². The highest BCUT2D eigenvalue weighted by Gasteiger charge is 2.24. The fourth-order valence-electron chi connectivity index (χ4n) is 2.32. The molecule has 2 rings (SSSR count). The van der Waals surface area contributed by atoms with E-state index in [9.17, 15) is 0 Å². The second kappa shape index (κ2) is 4.43. The van der Waals surface area contributed by atoms with Crippen LogP contribution in [0.4, 0.5) is 0 Å². The zero-order chi connectivity index (χ0) is 9.10. The topological polar surface area (TPSA) is 38.0 Å². The molecule has 2 saturated carbocycles. The van der Waals surface area contributed by atoms with Crippen LogP contribution in [0.15, 0.2) is 0 Å². The first-order chi connectivity index (χ1) is 6.36. The maximum absolute atomic E-state index is 5.99. The largest absolute Gasteiger partial charge is 0.327 e. The summed E-state index contributed by atoms with van der Waals surface area (Å²) in [6, 6.07) is 0.480. The van der Waals surface area contributed by atoms with Crippen LogP contribution >= 0.6 is 0 Å². The number of hydrogen-bond acceptors (Lipinski definition) is 2. The van der Waals surface area contributed by atoms with Crippen LogP contribution in [0, 0.1) is 11.8 Å². The van der Waals surface area contributed by atoms with Gasteiger partial charge in [0.05, 0.1) is 0 Å². The first-order valence-electron chi connectivity index (χ1n) is 5.82. The molecule has 0 saturated heterocycles. The lowest BCUT2D eigenvalue weighted by atomic mass is 10.0. The van der Waals surface area contributed by atoms with Crippen LogP contribution in [0.5, 0.6) is 0 Å². The van der Waals surface area contributed by atoms with E-state index in [1.807, 2.05) is 0 Å². The van der Waals surface area contributed by atoms with Gasteiger partial charge in [0.25, 0.3) is 0 Å². The summed E-state index contributed by atoms with van der Waals surface area (Å²) in [4.78, 5) is 0. The summed E-state index contributed by atoms with van der Waals surface area (Å²) in [5.41, 5.74) is 5.99. The molecule has 0 bridgehead atoms. The molecule has 0 amide bonds. The van der Waals surface area contributed by atoms with Crippen LogP contribution in [-0.2, 0) is 0 Å². The Labute approximate surface area is 81.3 Å². The summed E-state index contributed by atoms with van der Waals surface area (Å²) >= 11 is 0. The van der Waals surface area contributed by atoms with Crippen LogP contribution in [0.25, 0.3) is 0 Å². The van der Waals surface area contributed by atoms with E-state index < -0.39 is 0 Å². The number of nitrogens with two attached hydrogens (primary N) is 1.